The lowest BCUT2D eigenvalue weighted by Gasteiger charge is -2.11. The minimum Gasteiger partial charge on any atom is -0.494 e. The van der Waals surface area contributed by atoms with Crippen molar-refractivity contribution in [3.05, 3.63) is 29.8 Å². The maximum Gasteiger partial charge on any atom is 0.414 e. The molecule has 0 amide bonds. The molecule has 1 aromatic carbocycles. The van der Waals surface area contributed by atoms with Crippen molar-refractivity contribution in [3.8, 4) is 5.75 Å². The molecule has 0 aromatic heterocycles. The Morgan fingerprint density at radius 3 is 2.17 bits per heavy atom. The van der Waals surface area contributed by atoms with Gasteiger partial charge in [0.1, 0.15) is 5.75 Å². The van der Waals surface area contributed by atoms with Crippen LogP contribution in [0.15, 0.2) is 24.3 Å². The number of benzene rings is 1. The summed E-state index contributed by atoms with van der Waals surface area (Å²) in [4.78, 5) is 18.2. The van der Waals surface area contributed by atoms with Gasteiger partial charge in [-0.1, -0.05) is 24.6 Å². The molecule has 1 atom stereocenters. The fraction of sp³-hybridized carbons (Fsp3) is 0.529. The van der Waals surface area contributed by atoms with Gasteiger partial charge in [-0.15, -0.1) is 0 Å². The number of nitrogens with one attached hydrogen (secondary N) is 1. The molecule has 1 unspecified atom stereocenters. The summed E-state index contributed by atoms with van der Waals surface area (Å²) in [5.74, 6) is -2.67. The number of rotatable bonds is 8. The highest BCUT2D eigenvalue weighted by atomic mass is 16.5. The Hall–Kier alpha value is -2.08. The Kier molecular flexibility index (Phi) is 11.3. The number of hydrogen-bond acceptors (Lipinski definition) is 4. The summed E-state index contributed by atoms with van der Waals surface area (Å²) in [6, 6.07) is 8.87. The summed E-state index contributed by atoms with van der Waals surface area (Å²) in [6.45, 7) is 8.42. The van der Waals surface area contributed by atoms with Gasteiger partial charge < -0.3 is 20.3 Å². The van der Waals surface area contributed by atoms with E-state index in [0.29, 0.717) is 6.04 Å². The number of carboxylic acid groups (broad SMARTS) is 2. The molecule has 0 aliphatic carbocycles. The average Bonchev–Trinajstić information content (AvgIpc) is 2.52. The first-order valence-electron chi connectivity index (χ1n) is 7.75. The zero-order valence-electron chi connectivity index (χ0n) is 14.0. The van der Waals surface area contributed by atoms with E-state index >= 15 is 0 Å². The third-order valence-electron chi connectivity index (χ3n) is 3.15. The molecule has 3 N–H and O–H groups in total. The molecule has 0 fully saturated rings. The molecule has 0 spiro atoms. The van der Waals surface area contributed by atoms with Crippen LogP contribution >= 0.6 is 0 Å². The van der Waals surface area contributed by atoms with Gasteiger partial charge in [0.25, 0.3) is 0 Å². The molecule has 0 heterocycles. The number of carboxylic acids is 2. The Bertz CT molecular complexity index is 447. The summed E-state index contributed by atoms with van der Waals surface area (Å²) < 4.78 is 5.67. The van der Waals surface area contributed by atoms with Gasteiger partial charge in [0.2, 0.25) is 0 Å². The van der Waals surface area contributed by atoms with E-state index < -0.39 is 11.9 Å². The van der Waals surface area contributed by atoms with Crippen LogP contribution in [0.1, 0.15) is 38.7 Å². The molecule has 0 saturated carbocycles. The largest absolute Gasteiger partial charge is 0.494 e. The first kappa shape index (κ1) is 20.9. The van der Waals surface area contributed by atoms with Crippen molar-refractivity contribution in [1.29, 1.82) is 0 Å². The first-order valence-corrected chi connectivity index (χ1v) is 7.75. The molecule has 23 heavy (non-hydrogen) atoms. The number of aliphatic carboxylic acids is 2. The predicted octanol–water partition coefficient (Wildman–Crippen LogP) is 2.70. The smallest absolute Gasteiger partial charge is 0.414 e. The Morgan fingerprint density at radius 1 is 1.13 bits per heavy atom. The lowest BCUT2D eigenvalue weighted by Crippen LogP contribution is -2.26. The van der Waals surface area contributed by atoms with Crippen molar-refractivity contribution in [2.45, 2.75) is 46.1 Å². The van der Waals surface area contributed by atoms with Crippen molar-refractivity contribution < 1.29 is 24.5 Å². The second-order valence-corrected chi connectivity index (χ2v) is 5.24. The monoisotopic (exact) mass is 325 g/mol. The lowest BCUT2D eigenvalue weighted by atomic mass is 10.2. The molecular formula is C17H27NO5. The van der Waals surface area contributed by atoms with Crippen LogP contribution in [-0.4, -0.2) is 41.3 Å². The molecular weight excluding hydrogens is 298 g/mol. The maximum absolute atomic E-state index is 9.10. The van der Waals surface area contributed by atoms with E-state index in [1.54, 1.807) is 0 Å². The fourth-order valence-electron chi connectivity index (χ4n) is 1.54. The zero-order valence-corrected chi connectivity index (χ0v) is 14.0. The van der Waals surface area contributed by atoms with E-state index in [0.717, 1.165) is 25.3 Å². The van der Waals surface area contributed by atoms with Crippen molar-refractivity contribution in [2.24, 2.45) is 0 Å². The van der Waals surface area contributed by atoms with Crippen LogP contribution in [0.5, 0.6) is 5.75 Å². The topological polar surface area (TPSA) is 95.9 Å². The van der Waals surface area contributed by atoms with Crippen LogP contribution in [0.4, 0.5) is 0 Å². The second-order valence-electron chi connectivity index (χ2n) is 5.24. The average molecular weight is 325 g/mol. The van der Waals surface area contributed by atoms with E-state index in [2.05, 4.69) is 38.2 Å². The van der Waals surface area contributed by atoms with Crippen LogP contribution < -0.4 is 10.1 Å². The maximum atomic E-state index is 9.10. The highest BCUT2D eigenvalue weighted by Gasteiger charge is 2.04. The van der Waals surface area contributed by atoms with Crippen molar-refractivity contribution in [2.75, 3.05) is 13.2 Å². The molecule has 0 radical (unpaired) electrons. The van der Waals surface area contributed by atoms with E-state index in [4.69, 9.17) is 24.5 Å². The van der Waals surface area contributed by atoms with Gasteiger partial charge in [-0.3, -0.25) is 0 Å². The number of hydrogen-bond donors (Lipinski definition) is 3. The van der Waals surface area contributed by atoms with Crippen LogP contribution in [0.25, 0.3) is 0 Å². The molecule has 6 heteroatoms. The number of carbonyl (C=O) groups is 2. The summed E-state index contributed by atoms with van der Waals surface area (Å²) in [5, 5.41) is 18.3. The molecule has 6 nitrogen and oxygen atoms in total. The standard InChI is InChI=1S/C15H25NO.C2H2O4/c1-4-14(3)16-11-5-6-12-17-15-9-7-13(2)8-10-15;3-1(4)2(5)6/h7-10,14,16H,4-6,11-12H2,1-3H3;(H,3,4)(H,5,6). The number of unbranched alkanes of at least 4 members (excludes halogenated alkanes) is 1. The predicted molar refractivity (Wildman–Crippen MR) is 88.9 cm³/mol. The molecule has 1 rings (SSSR count). The molecule has 0 aliphatic heterocycles. The van der Waals surface area contributed by atoms with Gasteiger partial charge in [-0.05, 0) is 51.8 Å². The minimum atomic E-state index is -1.82. The highest BCUT2D eigenvalue weighted by molar-refractivity contribution is 6.27. The summed E-state index contributed by atoms with van der Waals surface area (Å²) in [5.41, 5.74) is 1.27. The Balaban J connectivity index is 0.000000688. The van der Waals surface area contributed by atoms with Gasteiger partial charge in [-0.2, -0.15) is 0 Å². The quantitative estimate of drug-likeness (QED) is 0.502. The highest BCUT2D eigenvalue weighted by Crippen LogP contribution is 2.11. The molecule has 1 aromatic rings. The third-order valence-corrected chi connectivity index (χ3v) is 3.15. The van der Waals surface area contributed by atoms with E-state index in [9.17, 15) is 0 Å². The summed E-state index contributed by atoms with van der Waals surface area (Å²) in [7, 11) is 0. The first-order chi connectivity index (χ1) is 10.9. The van der Waals surface area contributed by atoms with E-state index in [1.807, 2.05) is 12.1 Å². The minimum absolute atomic E-state index is 0.632. The second kappa shape index (κ2) is 12.5. The van der Waals surface area contributed by atoms with Crippen molar-refractivity contribution >= 4 is 11.9 Å². The van der Waals surface area contributed by atoms with Crippen LogP contribution in [0.2, 0.25) is 0 Å². The third kappa shape index (κ3) is 12.2. The summed E-state index contributed by atoms with van der Waals surface area (Å²) in [6.07, 6.45) is 3.48. The lowest BCUT2D eigenvalue weighted by molar-refractivity contribution is -0.159. The van der Waals surface area contributed by atoms with Gasteiger partial charge in [0.05, 0.1) is 6.61 Å². The Morgan fingerprint density at radius 2 is 1.70 bits per heavy atom. The zero-order chi connectivity index (χ0) is 17.7. The molecule has 130 valence electrons. The van der Waals surface area contributed by atoms with E-state index in [1.165, 1.54) is 18.4 Å². The van der Waals surface area contributed by atoms with Crippen LogP contribution in [-0.2, 0) is 9.59 Å². The molecule has 0 saturated heterocycles. The molecule has 0 bridgehead atoms. The van der Waals surface area contributed by atoms with Gasteiger partial charge in [0, 0.05) is 6.04 Å². The normalized spacial score (nSPS) is 11.1. The van der Waals surface area contributed by atoms with E-state index in [-0.39, 0.29) is 0 Å². The fourth-order valence-corrected chi connectivity index (χ4v) is 1.54. The van der Waals surface area contributed by atoms with Crippen molar-refractivity contribution in [1.82, 2.24) is 5.32 Å². The number of ether oxygens (including phenoxy) is 1. The van der Waals surface area contributed by atoms with Crippen LogP contribution in [0.3, 0.4) is 0 Å². The molecule has 0 aliphatic rings. The van der Waals surface area contributed by atoms with Gasteiger partial charge >= 0.3 is 11.9 Å². The van der Waals surface area contributed by atoms with Crippen LogP contribution in [0, 0.1) is 6.92 Å². The van der Waals surface area contributed by atoms with Gasteiger partial charge in [-0.25, -0.2) is 9.59 Å². The van der Waals surface area contributed by atoms with Crippen molar-refractivity contribution in [3.63, 3.8) is 0 Å². The summed E-state index contributed by atoms with van der Waals surface area (Å²) >= 11 is 0. The SMILES string of the molecule is CCC(C)NCCCCOc1ccc(C)cc1.O=C(O)C(=O)O. The van der Waals surface area contributed by atoms with Gasteiger partial charge in [0.15, 0.2) is 0 Å². The Labute approximate surface area is 137 Å². The number of aryl methyl sites for hydroxylation is 1.